The normalized spacial score (nSPS) is 12.9. The van der Waals surface area contributed by atoms with Crippen LogP contribution in [0.25, 0.3) is 0 Å². The Morgan fingerprint density at radius 3 is 1.76 bits per heavy atom. The summed E-state index contributed by atoms with van der Waals surface area (Å²) in [6, 6.07) is 0. The van der Waals surface area contributed by atoms with Crippen LogP contribution >= 0.6 is 0 Å². The SMILES string of the molecule is CN(C)CCCN(C)S(=O)(=O)N(C)CCCO. The van der Waals surface area contributed by atoms with E-state index in [1.54, 1.807) is 7.05 Å². The number of nitrogens with zero attached hydrogens (tertiary/aromatic N) is 3. The molecule has 0 radical (unpaired) electrons. The number of aliphatic hydroxyl groups is 1. The maximum atomic E-state index is 12.0. The number of rotatable bonds is 9. The second kappa shape index (κ2) is 7.99. The minimum atomic E-state index is -3.37. The number of hydrogen-bond donors (Lipinski definition) is 1. The first-order valence-corrected chi connectivity index (χ1v) is 7.15. The van der Waals surface area contributed by atoms with Crippen molar-refractivity contribution < 1.29 is 13.5 Å². The average Bonchev–Trinajstić information content (AvgIpc) is 2.24. The molecule has 0 unspecified atom stereocenters. The summed E-state index contributed by atoms with van der Waals surface area (Å²) in [4.78, 5) is 2.02. The molecule has 7 heteroatoms. The van der Waals surface area contributed by atoms with E-state index in [1.807, 2.05) is 19.0 Å². The highest BCUT2D eigenvalue weighted by Crippen LogP contribution is 2.05. The smallest absolute Gasteiger partial charge is 0.281 e. The molecule has 0 aromatic rings. The van der Waals surface area contributed by atoms with Gasteiger partial charge in [-0.1, -0.05) is 0 Å². The quantitative estimate of drug-likeness (QED) is 0.607. The van der Waals surface area contributed by atoms with Gasteiger partial charge in [0.15, 0.2) is 0 Å². The van der Waals surface area contributed by atoms with E-state index in [2.05, 4.69) is 0 Å². The van der Waals surface area contributed by atoms with E-state index in [-0.39, 0.29) is 6.61 Å². The fourth-order valence-electron chi connectivity index (χ4n) is 1.37. The van der Waals surface area contributed by atoms with Crippen molar-refractivity contribution in [3.63, 3.8) is 0 Å². The lowest BCUT2D eigenvalue weighted by Crippen LogP contribution is -2.41. The predicted molar refractivity (Wildman–Crippen MR) is 69.1 cm³/mol. The molecule has 6 nitrogen and oxygen atoms in total. The van der Waals surface area contributed by atoms with E-state index in [0.29, 0.717) is 19.5 Å². The fourth-order valence-corrected chi connectivity index (χ4v) is 2.57. The van der Waals surface area contributed by atoms with Gasteiger partial charge >= 0.3 is 0 Å². The monoisotopic (exact) mass is 267 g/mol. The van der Waals surface area contributed by atoms with Crippen LogP contribution in [-0.4, -0.2) is 81.5 Å². The average molecular weight is 267 g/mol. The Morgan fingerprint density at radius 2 is 1.35 bits per heavy atom. The second-order valence-corrected chi connectivity index (χ2v) is 6.53. The molecule has 0 fully saturated rings. The Labute approximate surface area is 105 Å². The van der Waals surface area contributed by atoms with Gasteiger partial charge in [-0.3, -0.25) is 0 Å². The van der Waals surface area contributed by atoms with Gasteiger partial charge in [-0.2, -0.15) is 17.0 Å². The third kappa shape index (κ3) is 6.32. The first kappa shape index (κ1) is 16.8. The third-order valence-electron chi connectivity index (χ3n) is 2.50. The molecule has 0 aromatic carbocycles. The largest absolute Gasteiger partial charge is 0.396 e. The van der Waals surface area contributed by atoms with Crippen LogP contribution in [0.2, 0.25) is 0 Å². The summed E-state index contributed by atoms with van der Waals surface area (Å²) >= 11 is 0. The van der Waals surface area contributed by atoms with E-state index < -0.39 is 10.2 Å². The standard InChI is InChI=1S/C10H25N3O3S/c1-11(2)7-5-8-12(3)17(15,16)13(4)9-6-10-14/h14H,5-10H2,1-4H3. The summed E-state index contributed by atoms with van der Waals surface area (Å²) in [5.74, 6) is 0. The molecule has 0 bridgehead atoms. The van der Waals surface area contributed by atoms with Crippen LogP contribution in [0.3, 0.4) is 0 Å². The van der Waals surface area contributed by atoms with Gasteiger partial charge in [0.05, 0.1) is 0 Å². The van der Waals surface area contributed by atoms with Gasteiger partial charge in [-0.05, 0) is 33.5 Å². The van der Waals surface area contributed by atoms with Crippen LogP contribution in [0.15, 0.2) is 0 Å². The highest BCUT2D eigenvalue weighted by Gasteiger charge is 2.22. The molecule has 17 heavy (non-hydrogen) atoms. The van der Waals surface area contributed by atoms with Crippen molar-refractivity contribution in [1.82, 2.24) is 13.5 Å². The molecule has 0 spiro atoms. The zero-order valence-electron chi connectivity index (χ0n) is 11.3. The molecule has 0 saturated heterocycles. The Hall–Kier alpha value is -0.210. The maximum Gasteiger partial charge on any atom is 0.281 e. The topological polar surface area (TPSA) is 64.1 Å². The molecule has 0 aliphatic carbocycles. The van der Waals surface area contributed by atoms with Gasteiger partial charge in [0.2, 0.25) is 0 Å². The van der Waals surface area contributed by atoms with Crippen LogP contribution in [0.4, 0.5) is 0 Å². The molecule has 1 N–H and O–H groups in total. The summed E-state index contributed by atoms with van der Waals surface area (Å²) in [6.45, 7) is 1.71. The molecule has 104 valence electrons. The number of aliphatic hydroxyl groups excluding tert-OH is 1. The van der Waals surface area contributed by atoms with E-state index in [0.717, 1.165) is 13.0 Å². The van der Waals surface area contributed by atoms with E-state index in [4.69, 9.17) is 5.11 Å². The molecule has 0 heterocycles. The summed E-state index contributed by atoms with van der Waals surface area (Å²) < 4.78 is 26.6. The van der Waals surface area contributed by atoms with Crippen molar-refractivity contribution in [2.75, 3.05) is 54.4 Å². The van der Waals surface area contributed by atoms with Gasteiger partial charge in [0.1, 0.15) is 0 Å². The summed E-state index contributed by atoms with van der Waals surface area (Å²) in [5, 5.41) is 8.68. The van der Waals surface area contributed by atoms with E-state index in [1.165, 1.54) is 15.7 Å². The summed E-state index contributed by atoms with van der Waals surface area (Å²) in [6.07, 6.45) is 1.26. The summed E-state index contributed by atoms with van der Waals surface area (Å²) in [5.41, 5.74) is 0. The minimum absolute atomic E-state index is 0.00417. The lowest BCUT2D eigenvalue weighted by atomic mass is 10.4. The van der Waals surface area contributed by atoms with Crippen molar-refractivity contribution in [2.24, 2.45) is 0 Å². The Bertz CT molecular complexity index is 293. The van der Waals surface area contributed by atoms with E-state index >= 15 is 0 Å². The minimum Gasteiger partial charge on any atom is -0.396 e. The first-order chi connectivity index (χ1) is 7.82. The van der Waals surface area contributed by atoms with Crippen LogP contribution in [0.5, 0.6) is 0 Å². The van der Waals surface area contributed by atoms with E-state index in [9.17, 15) is 8.42 Å². The molecule has 0 aliphatic heterocycles. The van der Waals surface area contributed by atoms with Gasteiger partial charge in [0, 0.05) is 33.8 Å². The predicted octanol–water partition coefficient (Wildman–Crippen LogP) is -0.571. The van der Waals surface area contributed by atoms with Gasteiger partial charge in [-0.15, -0.1) is 0 Å². The van der Waals surface area contributed by atoms with Gasteiger partial charge in [0.25, 0.3) is 10.2 Å². The first-order valence-electron chi connectivity index (χ1n) is 5.75. The Balaban J connectivity index is 4.19. The highest BCUT2D eigenvalue weighted by atomic mass is 32.2. The molecule has 0 atom stereocenters. The lowest BCUT2D eigenvalue weighted by molar-refractivity contribution is 0.272. The Kier molecular flexibility index (Phi) is 7.89. The highest BCUT2D eigenvalue weighted by molar-refractivity contribution is 7.86. The second-order valence-electron chi connectivity index (χ2n) is 4.38. The van der Waals surface area contributed by atoms with Crippen molar-refractivity contribution in [3.05, 3.63) is 0 Å². The molecule has 0 saturated carbocycles. The van der Waals surface area contributed by atoms with Crippen LogP contribution in [0.1, 0.15) is 12.8 Å². The maximum absolute atomic E-state index is 12.0. The molecular formula is C10H25N3O3S. The third-order valence-corrected chi connectivity index (χ3v) is 4.44. The molecule has 0 amide bonds. The van der Waals surface area contributed by atoms with Gasteiger partial charge in [-0.25, -0.2) is 0 Å². The Morgan fingerprint density at radius 1 is 0.882 bits per heavy atom. The lowest BCUT2D eigenvalue weighted by Gasteiger charge is -2.24. The molecule has 0 aliphatic rings. The fraction of sp³-hybridized carbons (Fsp3) is 1.00. The molecular weight excluding hydrogens is 242 g/mol. The molecule has 0 aromatic heterocycles. The molecule has 0 rings (SSSR count). The van der Waals surface area contributed by atoms with Crippen molar-refractivity contribution in [1.29, 1.82) is 0 Å². The van der Waals surface area contributed by atoms with Crippen LogP contribution < -0.4 is 0 Å². The van der Waals surface area contributed by atoms with Crippen molar-refractivity contribution in [3.8, 4) is 0 Å². The summed E-state index contributed by atoms with van der Waals surface area (Å²) in [7, 11) is 3.67. The van der Waals surface area contributed by atoms with Gasteiger partial charge < -0.3 is 10.0 Å². The van der Waals surface area contributed by atoms with Crippen LogP contribution in [-0.2, 0) is 10.2 Å². The van der Waals surface area contributed by atoms with Crippen molar-refractivity contribution >= 4 is 10.2 Å². The van der Waals surface area contributed by atoms with Crippen molar-refractivity contribution in [2.45, 2.75) is 12.8 Å². The van der Waals surface area contributed by atoms with Crippen LogP contribution in [0, 0.1) is 0 Å². The zero-order valence-corrected chi connectivity index (χ0v) is 12.1. The number of hydrogen-bond acceptors (Lipinski definition) is 4. The zero-order chi connectivity index (χ0) is 13.5.